The van der Waals surface area contributed by atoms with E-state index < -0.39 is 5.69 Å². The fourth-order valence-corrected chi connectivity index (χ4v) is 2.33. The van der Waals surface area contributed by atoms with E-state index in [2.05, 4.69) is 15.0 Å². The molecule has 100 valence electrons. The van der Waals surface area contributed by atoms with Gasteiger partial charge in [-0.05, 0) is 30.2 Å². The lowest BCUT2D eigenvalue weighted by atomic mass is 10.00. The number of aryl methyl sites for hydroxylation is 1. The highest BCUT2D eigenvalue weighted by Gasteiger charge is 2.07. The Balaban J connectivity index is 2.15. The molecule has 0 atom stereocenters. The van der Waals surface area contributed by atoms with Gasteiger partial charge in [-0.1, -0.05) is 12.1 Å². The third-order valence-electron chi connectivity index (χ3n) is 3.23. The van der Waals surface area contributed by atoms with Gasteiger partial charge in [0, 0.05) is 29.8 Å². The highest BCUT2D eigenvalue weighted by atomic mass is 16.2. The molecule has 3 rings (SSSR count). The van der Waals surface area contributed by atoms with Gasteiger partial charge in [0.05, 0.1) is 5.52 Å². The van der Waals surface area contributed by atoms with Crippen molar-refractivity contribution in [3.63, 3.8) is 0 Å². The van der Waals surface area contributed by atoms with Crippen LogP contribution in [0.15, 0.2) is 46.2 Å². The Morgan fingerprint density at radius 2 is 2.05 bits per heavy atom. The molecule has 5 heteroatoms. The van der Waals surface area contributed by atoms with Crippen LogP contribution in [0.5, 0.6) is 0 Å². The number of nitrogens with one attached hydrogen (secondary N) is 2. The number of fused-ring (bicyclic) bond motifs is 1. The molecular formula is C15H13N3O2. The van der Waals surface area contributed by atoms with Crippen LogP contribution in [0.4, 0.5) is 0 Å². The summed E-state index contributed by atoms with van der Waals surface area (Å²) in [6, 6.07) is 7.90. The molecule has 3 aromatic rings. The summed E-state index contributed by atoms with van der Waals surface area (Å²) in [6.07, 6.45) is 3.67. The van der Waals surface area contributed by atoms with Crippen molar-refractivity contribution in [2.24, 2.45) is 0 Å². The van der Waals surface area contributed by atoms with E-state index in [0.717, 1.165) is 22.0 Å². The third-order valence-corrected chi connectivity index (χ3v) is 3.23. The van der Waals surface area contributed by atoms with Gasteiger partial charge < -0.3 is 4.98 Å². The zero-order chi connectivity index (χ0) is 14.1. The molecule has 0 saturated carbocycles. The molecule has 0 fully saturated rings. The molecule has 0 saturated heterocycles. The maximum Gasteiger partial charge on any atom is 0.325 e. The molecule has 20 heavy (non-hydrogen) atoms. The second-order valence-corrected chi connectivity index (χ2v) is 4.77. The summed E-state index contributed by atoms with van der Waals surface area (Å²) in [5.41, 5.74) is 2.70. The molecule has 2 N–H and O–H groups in total. The van der Waals surface area contributed by atoms with Crippen LogP contribution in [0.3, 0.4) is 0 Å². The lowest BCUT2D eigenvalue weighted by Gasteiger charge is -2.07. The molecule has 1 aromatic carbocycles. The number of hydrogen-bond donors (Lipinski definition) is 2. The van der Waals surface area contributed by atoms with Crippen LogP contribution in [-0.4, -0.2) is 15.0 Å². The van der Waals surface area contributed by atoms with Crippen LogP contribution in [-0.2, 0) is 6.42 Å². The van der Waals surface area contributed by atoms with Crippen molar-refractivity contribution in [1.29, 1.82) is 0 Å². The Morgan fingerprint density at radius 3 is 2.85 bits per heavy atom. The van der Waals surface area contributed by atoms with Crippen molar-refractivity contribution >= 4 is 10.9 Å². The van der Waals surface area contributed by atoms with Crippen molar-refractivity contribution in [3.8, 4) is 0 Å². The number of rotatable bonds is 2. The monoisotopic (exact) mass is 267 g/mol. The maximum atomic E-state index is 11.8. The topological polar surface area (TPSA) is 78.6 Å². The summed E-state index contributed by atoms with van der Waals surface area (Å²) in [5.74, 6) is 0. The largest absolute Gasteiger partial charge is 0.325 e. The average Bonchev–Trinajstić information content (AvgIpc) is 2.41. The first-order valence-corrected chi connectivity index (χ1v) is 6.28. The average molecular weight is 267 g/mol. The van der Waals surface area contributed by atoms with Crippen LogP contribution in [0, 0.1) is 6.92 Å². The van der Waals surface area contributed by atoms with Crippen LogP contribution in [0.2, 0.25) is 0 Å². The Hall–Kier alpha value is -2.69. The fourth-order valence-electron chi connectivity index (χ4n) is 2.33. The predicted molar refractivity (Wildman–Crippen MR) is 77.0 cm³/mol. The zero-order valence-corrected chi connectivity index (χ0v) is 10.9. The normalized spacial score (nSPS) is 10.8. The Kier molecular flexibility index (Phi) is 2.95. The first-order valence-electron chi connectivity index (χ1n) is 6.28. The SMILES string of the molecule is Cc1cc(Cc2c[nH]c(=O)[nH]c2=O)c2cccnc2c1. The number of H-pyrrole nitrogens is 2. The van der Waals surface area contributed by atoms with Gasteiger partial charge in [-0.15, -0.1) is 0 Å². The van der Waals surface area contributed by atoms with Crippen molar-refractivity contribution in [3.05, 3.63) is 74.2 Å². The minimum Gasteiger partial charge on any atom is -0.314 e. The van der Waals surface area contributed by atoms with Gasteiger partial charge >= 0.3 is 5.69 Å². The van der Waals surface area contributed by atoms with Gasteiger partial charge in [0.1, 0.15) is 0 Å². The highest BCUT2D eigenvalue weighted by molar-refractivity contribution is 5.83. The van der Waals surface area contributed by atoms with Gasteiger partial charge in [0.25, 0.3) is 5.56 Å². The van der Waals surface area contributed by atoms with Crippen molar-refractivity contribution in [1.82, 2.24) is 15.0 Å². The van der Waals surface area contributed by atoms with Crippen LogP contribution < -0.4 is 11.2 Å². The highest BCUT2D eigenvalue weighted by Crippen LogP contribution is 2.20. The zero-order valence-electron chi connectivity index (χ0n) is 10.9. The standard InChI is InChI=1S/C15H13N3O2/c1-9-5-10(12-3-2-4-16-13(12)6-9)7-11-8-17-15(20)18-14(11)19/h2-6,8H,7H2,1H3,(H2,17,18,19,20). The van der Waals surface area contributed by atoms with Crippen molar-refractivity contribution < 1.29 is 0 Å². The van der Waals surface area contributed by atoms with E-state index >= 15 is 0 Å². The van der Waals surface area contributed by atoms with E-state index in [1.807, 2.05) is 31.2 Å². The summed E-state index contributed by atoms with van der Waals surface area (Å²) < 4.78 is 0. The third kappa shape index (κ3) is 2.25. The molecule has 0 unspecified atom stereocenters. The second kappa shape index (κ2) is 4.77. The van der Waals surface area contributed by atoms with E-state index in [1.54, 1.807) is 6.20 Å². The Bertz CT molecular complexity index is 893. The lowest BCUT2D eigenvalue weighted by molar-refractivity contribution is 0.977. The summed E-state index contributed by atoms with van der Waals surface area (Å²) in [7, 11) is 0. The smallest absolute Gasteiger partial charge is 0.314 e. The lowest BCUT2D eigenvalue weighted by Crippen LogP contribution is -2.24. The summed E-state index contributed by atoms with van der Waals surface area (Å²) in [5, 5.41) is 1.02. The minimum atomic E-state index is -0.491. The second-order valence-electron chi connectivity index (χ2n) is 4.77. The minimum absolute atomic E-state index is 0.354. The first kappa shape index (κ1) is 12.3. The van der Waals surface area contributed by atoms with E-state index in [4.69, 9.17) is 0 Å². The van der Waals surface area contributed by atoms with Gasteiger partial charge in [-0.3, -0.25) is 14.8 Å². The maximum absolute atomic E-state index is 11.8. The van der Waals surface area contributed by atoms with E-state index in [-0.39, 0.29) is 5.56 Å². The molecule has 0 bridgehead atoms. The number of benzene rings is 1. The molecule has 0 aliphatic heterocycles. The number of nitrogens with zero attached hydrogens (tertiary/aromatic N) is 1. The molecule has 0 amide bonds. The number of hydrogen-bond acceptors (Lipinski definition) is 3. The van der Waals surface area contributed by atoms with E-state index in [0.29, 0.717) is 12.0 Å². The van der Waals surface area contributed by atoms with Crippen molar-refractivity contribution in [2.75, 3.05) is 0 Å². The van der Waals surface area contributed by atoms with Crippen LogP contribution in [0.25, 0.3) is 10.9 Å². The first-order chi connectivity index (χ1) is 9.63. The van der Waals surface area contributed by atoms with Gasteiger partial charge in [-0.2, -0.15) is 0 Å². The molecule has 2 heterocycles. The van der Waals surface area contributed by atoms with Gasteiger partial charge in [0.15, 0.2) is 0 Å². The Labute approximate surface area is 114 Å². The van der Waals surface area contributed by atoms with E-state index in [9.17, 15) is 9.59 Å². The predicted octanol–water partition coefficient (Wildman–Crippen LogP) is 1.51. The summed E-state index contributed by atoms with van der Waals surface area (Å²) >= 11 is 0. The molecule has 0 spiro atoms. The van der Waals surface area contributed by atoms with Gasteiger partial charge in [-0.25, -0.2) is 4.79 Å². The van der Waals surface area contributed by atoms with Crippen LogP contribution >= 0.6 is 0 Å². The van der Waals surface area contributed by atoms with Gasteiger partial charge in [0.2, 0.25) is 0 Å². The number of aromatic amines is 2. The molecule has 5 nitrogen and oxygen atoms in total. The van der Waals surface area contributed by atoms with Crippen molar-refractivity contribution in [2.45, 2.75) is 13.3 Å². The Morgan fingerprint density at radius 1 is 1.20 bits per heavy atom. The molecule has 2 aromatic heterocycles. The molecular weight excluding hydrogens is 254 g/mol. The fraction of sp³-hybridized carbons (Fsp3) is 0.133. The quantitative estimate of drug-likeness (QED) is 0.738. The summed E-state index contributed by atoms with van der Waals surface area (Å²) in [6.45, 7) is 1.99. The molecule has 0 aliphatic carbocycles. The molecule has 0 radical (unpaired) electrons. The number of pyridine rings is 1. The molecule has 0 aliphatic rings. The number of aromatic nitrogens is 3. The van der Waals surface area contributed by atoms with E-state index in [1.165, 1.54) is 6.20 Å². The summed E-state index contributed by atoms with van der Waals surface area (Å²) in [4.78, 5) is 31.9. The van der Waals surface area contributed by atoms with Crippen LogP contribution in [0.1, 0.15) is 16.7 Å².